The van der Waals surface area contributed by atoms with E-state index in [0.29, 0.717) is 17.1 Å². The topological polar surface area (TPSA) is 57.3 Å². The number of carbonyl (C=O) groups is 1. The molecule has 2 N–H and O–H groups in total. The molecule has 1 aliphatic heterocycles. The number of rotatable bonds is 5. The Labute approximate surface area is 157 Å². The third kappa shape index (κ3) is 4.84. The smallest absolute Gasteiger partial charge is 0.254 e. The lowest BCUT2D eigenvalue weighted by molar-refractivity contribution is 0.0954. The molecule has 7 heteroatoms. The summed E-state index contributed by atoms with van der Waals surface area (Å²) >= 11 is 12.1. The fourth-order valence-corrected chi connectivity index (χ4v) is 3.09. The zero-order chi connectivity index (χ0) is 17.6. The molecule has 0 unspecified atom stereocenters. The van der Waals surface area contributed by atoms with Crippen LogP contribution in [-0.4, -0.2) is 43.6 Å². The minimum Gasteiger partial charge on any atom is -0.354 e. The van der Waals surface area contributed by atoms with Crippen molar-refractivity contribution in [3.8, 4) is 0 Å². The van der Waals surface area contributed by atoms with Gasteiger partial charge in [0.2, 0.25) is 0 Å². The Balaban J connectivity index is 1.57. The van der Waals surface area contributed by atoms with Crippen molar-refractivity contribution in [2.45, 2.75) is 6.42 Å². The fourth-order valence-electron chi connectivity index (χ4n) is 2.73. The van der Waals surface area contributed by atoms with Crippen LogP contribution < -0.4 is 15.5 Å². The molecule has 132 valence electrons. The number of nitrogens with zero attached hydrogens (tertiary/aromatic N) is 2. The first-order valence-corrected chi connectivity index (χ1v) is 9.04. The number of anilines is 1. The Morgan fingerprint density at radius 1 is 1.12 bits per heavy atom. The summed E-state index contributed by atoms with van der Waals surface area (Å²) in [5.41, 5.74) is 1.51. The predicted octanol–water partition coefficient (Wildman–Crippen LogP) is 2.77. The maximum atomic E-state index is 12.3. The van der Waals surface area contributed by atoms with Gasteiger partial charge in [-0.1, -0.05) is 35.3 Å². The van der Waals surface area contributed by atoms with E-state index in [-0.39, 0.29) is 11.1 Å². The molecule has 1 fully saturated rings. The maximum absolute atomic E-state index is 12.3. The van der Waals surface area contributed by atoms with Crippen LogP contribution in [0.15, 0.2) is 36.4 Å². The van der Waals surface area contributed by atoms with E-state index in [0.717, 1.165) is 44.0 Å². The zero-order valence-corrected chi connectivity index (χ0v) is 15.3. The van der Waals surface area contributed by atoms with Crippen LogP contribution in [0, 0.1) is 0 Å². The van der Waals surface area contributed by atoms with Gasteiger partial charge in [0.05, 0.1) is 5.56 Å². The van der Waals surface area contributed by atoms with E-state index in [1.165, 1.54) is 0 Å². The van der Waals surface area contributed by atoms with Crippen molar-refractivity contribution in [2.75, 3.05) is 37.6 Å². The summed E-state index contributed by atoms with van der Waals surface area (Å²) in [5.74, 6) is 0.600. The summed E-state index contributed by atoms with van der Waals surface area (Å²) in [6.45, 7) is 4.14. The van der Waals surface area contributed by atoms with Crippen LogP contribution in [0.3, 0.4) is 0 Å². The van der Waals surface area contributed by atoms with Crippen molar-refractivity contribution >= 4 is 34.9 Å². The number of piperazine rings is 1. The minimum atomic E-state index is -0.210. The van der Waals surface area contributed by atoms with E-state index in [4.69, 9.17) is 23.2 Å². The van der Waals surface area contributed by atoms with Crippen LogP contribution in [0.25, 0.3) is 0 Å². The van der Waals surface area contributed by atoms with E-state index in [1.54, 1.807) is 6.07 Å². The Hall–Kier alpha value is -1.82. The second kappa shape index (κ2) is 8.52. The van der Waals surface area contributed by atoms with E-state index in [9.17, 15) is 4.79 Å². The molecule has 1 aliphatic rings. The summed E-state index contributed by atoms with van der Waals surface area (Å²) in [4.78, 5) is 18.9. The fraction of sp³-hybridized carbons (Fsp3) is 0.333. The molecule has 3 rings (SSSR count). The van der Waals surface area contributed by atoms with Crippen LogP contribution >= 0.6 is 23.2 Å². The molecule has 0 saturated carbocycles. The molecule has 1 amide bonds. The number of hydrogen-bond donors (Lipinski definition) is 2. The standard InChI is InChI=1S/C18H20Cl2N4O/c19-14-3-1-13(2-4-14)7-8-22-18(25)15-5-6-16(23-17(15)20)24-11-9-21-10-12-24/h1-6,21H,7-12H2,(H,22,25). The van der Waals surface area contributed by atoms with Gasteiger partial charge in [0.15, 0.2) is 0 Å². The molecule has 2 aromatic rings. The van der Waals surface area contributed by atoms with Crippen molar-refractivity contribution in [2.24, 2.45) is 0 Å². The van der Waals surface area contributed by atoms with Crippen molar-refractivity contribution < 1.29 is 4.79 Å². The molecule has 25 heavy (non-hydrogen) atoms. The molecular formula is C18H20Cl2N4O. The third-order valence-corrected chi connectivity index (χ3v) is 4.67. The van der Waals surface area contributed by atoms with Gasteiger partial charge in [-0.05, 0) is 36.2 Å². The second-order valence-corrected chi connectivity index (χ2v) is 6.67. The number of nitrogens with one attached hydrogen (secondary N) is 2. The summed E-state index contributed by atoms with van der Waals surface area (Å²) < 4.78 is 0. The Morgan fingerprint density at radius 2 is 1.84 bits per heavy atom. The Bertz CT molecular complexity index is 730. The molecule has 1 aromatic carbocycles. The van der Waals surface area contributed by atoms with Gasteiger partial charge in [-0.15, -0.1) is 0 Å². The lowest BCUT2D eigenvalue weighted by Crippen LogP contribution is -2.43. The van der Waals surface area contributed by atoms with E-state index < -0.39 is 0 Å². The SMILES string of the molecule is O=C(NCCc1ccc(Cl)cc1)c1ccc(N2CCNCC2)nc1Cl. The quantitative estimate of drug-likeness (QED) is 0.785. The molecular weight excluding hydrogens is 359 g/mol. The monoisotopic (exact) mass is 378 g/mol. The maximum Gasteiger partial charge on any atom is 0.254 e. The van der Waals surface area contributed by atoms with Gasteiger partial charge < -0.3 is 15.5 Å². The first-order valence-electron chi connectivity index (χ1n) is 8.28. The number of amides is 1. The lowest BCUT2D eigenvalue weighted by atomic mass is 10.1. The minimum absolute atomic E-state index is 0.210. The predicted molar refractivity (Wildman–Crippen MR) is 102 cm³/mol. The highest BCUT2D eigenvalue weighted by Gasteiger charge is 2.16. The zero-order valence-electron chi connectivity index (χ0n) is 13.8. The molecule has 5 nitrogen and oxygen atoms in total. The van der Waals surface area contributed by atoms with Crippen LogP contribution in [-0.2, 0) is 6.42 Å². The van der Waals surface area contributed by atoms with Gasteiger partial charge in [-0.2, -0.15) is 0 Å². The molecule has 0 bridgehead atoms. The number of pyridine rings is 1. The van der Waals surface area contributed by atoms with Crippen molar-refractivity contribution in [1.29, 1.82) is 0 Å². The van der Waals surface area contributed by atoms with E-state index in [1.807, 2.05) is 30.3 Å². The van der Waals surface area contributed by atoms with Gasteiger partial charge in [0, 0.05) is 37.7 Å². The van der Waals surface area contributed by atoms with E-state index in [2.05, 4.69) is 20.5 Å². The molecule has 0 atom stereocenters. The first kappa shape index (κ1) is 18.0. The average Bonchev–Trinajstić information content (AvgIpc) is 2.64. The van der Waals surface area contributed by atoms with Gasteiger partial charge in [-0.25, -0.2) is 4.98 Å². The highest BCUT2D eigenvalue weighted by Crippen LogP contribution is 2.19. The number of halogens is 2. The van der Waals surface area contributed by atoms with E-state index >= 15 is 0 Å². The normalized spacial score (nSPS) is 14.4. The van der Waals surface area contributed by atoms with Gasteiger partial charge in [-0.3, -0.25) is 4.79 Å². The summed E-state index contributed by atoms with van der Waals surface area (Å²) in [6, 6.07) is 11.2. The van der Waals surface area contributed by atoms with Crippen molar-refractivity contribution in [3.05, 3.63) is 57.7 Å². The van der Waals surface area contributed by atoms with Crippen LogP contribution in [0.2, 0.25) is 10.2 Å². The molecule has 0 spiro atoms. The third-order valence-electron chi connectivity index (χ3n) is 4.13. The van der Waals surface area contributed by atoms with Gasteiger partial charge in [0.1, 0.15) is 11.0 Å². The Morgan fingerprint density at radius 3 is 2.52 bits per heavy atom. The van der Waals surface area contributed by atoms with Crippen LogP contribution in [0.5, 0.6) is 0 Å². The molecule has 1 saturated heterocycles. The largest absolute Gasteiger partial charge is 0.354 e. The molecule has 1 aromatic heterocycles. The summed E-state index contributed by atoms with van der Waals surface area (Å²) in [5, 5.41) is 7.12. The van der Waals surface area contributed by atoms with Crippen LogP contribution in [0.1, 0.15) is 15.9 Å². The lowest BCUT2D eigenvalue weighted by Gasteiger charge is -2.28. The van der Waals surface area contributed by atoms with Gasteiger partial charge in [0.25, 0.3) is 5.91 Å². The molecule has 0 aliphatic carbocycles. The second-order valence-electron chi connectivity index (χ2n) is 5.88. The highest BCUT2D eigenvalue weighted by atomic mass is 35.5. The number of hydrogen-bond acceptors (Lipinski definition) is 4. The number of carbonyl (C=O) groups excluding carboxylic acids is 1. The average molecular weight is 379 g/mol. The van der Waals surface area contributed by atoms with Crippen molar-refractivity contribution in [1.82, 2.24) is 15.6 Å². The van der Waals surface area contributed by atoms with Crippen molar-refractivity contribution in [3.63, 3.8) is 0 Å². The summed E-state index contributed by atoms with van der Waals surface area (Å²) in [7, 11) is 0. The molecule has 2 heterocycles. The first-order chi connectivity index (χ1) is 12.1. The molecule has 0 radical (unpaired) electrons. The van der Waals surface area contributed by atoms with Crippen LogP contribution in [0.4, 0.5) is 5.82 Å². The number of benzene rings is 1. The Kier molecular flexibility index (Phi) is 6.13. The number of aromatic nitrogens is 1. The van der Waals surface area contributed by atoms with Gasteiger partial charge >= 0.3 is 0 Å². The highest BCUT2D eigenvalue weighted by molar-refractivity contribution is 6.32. The summed E-state index contributed by atoms with van der Waals surface area (Å²) in [6.07, 6.45) is 0.729.